The fourth-order valence-corrected chi connectivity index (χ4v) is 2.54. The zero-order chi connectivity index (χ0) is 14.9. The van der Waals surface area contributed by atoms with E-state index in [9.17, 15) is 17.2 Å². The van der Waals surface area contributed by atoms with Crippen LogP contribution in [0.1, 0.15) is 11.7 Å². The van der Waals surface area contributed by atoms with Gasteiger partial charge < -0.3 is 10.2 Å². The van der Waals surface area contributed by atoms with Crippen molar-refractivity contribution in [3.8, 4) is 0 Å². The third-order valence-corrected chi connectivity index (χ3v) is 3.84. The van der Waals surface area contributed by atoms with Crippen LogP contribution >= 0.6 is 0 Å². The molecular formula is C11H11F2N3O3S. The molecule has 1 heterocycles. The largest absolute Gasteiger partial charge is 0.445 e. The first-order valence-electron chi connectivity index (χ1n) is 5.45. The molecule has 2 rings (SSSR count). The lowest BCUT2D eigenvalue weighted by Crippen LogP contribution is -2.24. The van der Waals surface area contributed by atoms with Gasteiger partial charge in [-0.25, -0.2) is 26.9 Å². The maximum Gasteiger partial charge on any atom is 0.244 e. The third kappa shape index (κ3) is 2.94. The molecule has 3 N–H and O–H groups in total. The molecule has 108 valence electrons. The van der Waals surface area contributed by atoms with Crippen LogP contribution in [-0.4, -0.2) is 13.4 Å². The van der Waals surface area contributed by atoms with Gasteiger partial charge in [0.05, 0.1) is 18.4 Å². The number of rotatable bonds is 4. The van der Waals surface area contributed by atoms with Gasteiger partial charge in [0.1, 0.15) is 22.3 Å². The number of hydrogen-bond acceptors (Lipinski definition) is 5. The average Bonchev–Trinajstić information content (AvgIpc) is 2.77. The van der Waals surface area contributed by atoms with E-state index in [2.05, 4.69) is 9.71 Å². The van der Waals surface area contributed by atoms with Crippen molar-refractivity contribution >= 4 is 15.7 Å². The number of benzene rings is 1. The fraction of sp³-hybridized carbons (Fsp3) is 0.182. The number of sulfonamides is 1. The minimum atomic E-state index is -4.19. The molecule has 0 aliphatic heterocycles. The molecule has 0 atom stereocenters. The molecule has 0 bridgehead atoms. The van der Waals surface area contributed by atoms with Gasteiger partial charge in [-0.3, -0.25) is 0 Å². The van der Waals surface area contributed by atoms with E-state index < -0.39 is 32.2 Å². The van der Waals surface area contributed by atoms with Crippen molar-refractivity contribution in [3.05, 3.63) is 41.6 Å². The van der Waals surface area contributed by atoms with E-state index in [4.69, 9.17) is 10.2 Å². The van der Waals surface area contributed by atoms with E-state index in [0.29, 0.717) is 17.9 Å². The van der Waals surface area contributed by atoms with Crippen molar-refractivity contribution in [1.29, 1.82) is 0 Å². The minimum absolute atomic E-state index is 0.126. The van der Waals surface area contributed by atoms with Gasteiger partial charge in [-0.05, 0) is 13.0 Å². The monoisotopic (exact) mass is 303 g/mol. The van der Waals surface area contributed by atoms with Crippen molar-refractivity contribution < 1.29 is 21.6 Å². The number of halogens is 2. The molecule has 0 aliphatic rings. The van der Waals surface area contributed by atoms with Gasteiger partial charge in [0.2, 0.25) is 15.9 Å². The van der Waals surface area contributed by atoms with E-state index in [-0.39, 0.29) is 12.4 Å². The van der Waals surface area contributed by atoms with Crippen LogP contribution in [0.15, 0.2) is 27.6 Å². The molecule has 0 aliphatic carbocycles. The molecule has 0 radical (unpaired) electrons. The summed E-state index contributed by atoms with van der Waals surface area (Å²) in [5.74, 6) is -1.62. The Kier molecular flexibility index (Phi) is 3.73. The average molecular weight is 303 g/mol. The van der Waals surface area contributed by atoms with Crippen molar-refractivity contribution in [2.24, 2.45) is 0 Å². The van der Waals surface area contributed by atoms with E-state index in [0.717, 1.165) is 0 Å². The second-order valence-electron chi connectivity index (χ2n) is 3.99. The number of oxazole rings is 1. The molecule has 0 saturated heterocycles. The summed E-state index contributed by atoms with van der Waals surface area (Å²) in [6.45, 7) is 1.39. The number of aromatic nitrogens is 1. The smallest absolute Gasteiger partial charge is 0.244 e. The Balaban J connectivity index is 2.24. The molecule has 20 heavy (non-hydrogen) atoms. The number of nitrogen functional groups attached to an aromatic ring is 1. The van der Waals surface area contributed by atoms with Crippen LogP contribution in [0.4, 0.5) is 14.5 Å². The van der Waals surface area contributed by atoms with Gasteiger partial charge in [0.15, 0.2) is 0 Å². The van der Waals surface area contributed by atoms with Gasteiger partial charge in [0.25, 0.3) is 0 Å². The van der Waals surface area contributed by atoms with Gasteiger partial charge in [-0.2, -0.15) is 0 Å². The van der Waals surface area contributed by atoms with Crippen molar-refractivity contribution in [2.45, 2.75) is 18.4 Å². The predicted molar refractivity (Wildman–Crippen MR) is 66.0 cm³/mol. The maximum atomic E-state index is 13.5. The van der Waals surface area contributed by atoms with E-state index >= 15 is 0 Å². The van der Waals surface area contributed by atoms with Crippen molar-refractivity contribution in [3.63, 3.8) is 0 Å². The van der Waals surface area contributed by atoms with Crippen LogP contribution in [0, 0.1) is 18.6 Å². The molecule has 1 aromatic heterocycles. The highest BCUT2D eigenvalue weighted by Crippen LogP contribution is 2.21. The number of hydrogen-bond donors (Lipinski definition) is 2. The summed E-state index contributed by atoms with van der Waals surface area (Å²) in [5.41, 5.74) is 4.77. The highest BCUT2D eigenvalue weighted by molar-refractivity contribution is 7.89. The lowest BCUT2D eigenvalue weighted by atomic mass is 10.3. The Morgan fingerprint density at radius 1 is 1.35 bits per heavy atom. The first kappa shape index (κ1) is 14.4. The molecule has 1 aromatic carbocycles. The Hall–Kier alpha value is -2.00. The lowest BCUT2D eigenvalue weighted by Gasteiger charge is -2.07. The molecule has 9 heteroatoms. The Morgan fingerprint density at radius 3 is 2.65 bits per heavy atom. The number of nitrogens with one attached hydrogen (secondary N) is 1. The van der Waals surface area contributed by atoms with Gasteiger partial charge in [-0.15, -0.1) is 0 Å². The summed E-state index contributed by atoms with van der Waals surface area (Å²) in [5, 5.41) is 0. The zero-order valence-corrected chi connectivity index (χ0v) is 11.2. The van der Waals surface area contributed by atoms with Crippen LogP contribution < -0.4 is 10.5 Å². The van der Waals surface area contributed by atoms with Gasteiger partial charge in [0, 0.05) is 6.07 Å². The number of anilines is 1. The molecule has 0 saturated carbocycles. The highest BCUT2D eigenvalue weighted by Gasteiger charge is 2.21. The first-order chi connectivity index (χ1) is 9.29. The van der Waals surface area contributed by atoms with E-state index in [1.54, 1.807) is 6.92 Å². The molecule has 6 nitrogen and oxygen atoms in total. The topological polar surface area (TPSA) is 98.2 Å². The maximum absolute atomic E-state index is 13.5. The Bertz CT molecular complexity index is 743. The molecule has 0 unspecified atom stereocenters. The first-order valence-corrected chi connectivity index (χ1v) is 6.93. The lowest BCUT2D eigenvalue weighted by molar-refractivity contribution is 0.462. The summed E-state index contributed by atoms with van der Waals surface area (Å²) in [7, 11) is -4.19. The molecular weight excluding hydrogens is 292 g/mol. The summed E-state index contributed by atoms with van der Waals surface area (Å²) < 4.78 is 57.5. The van der Waals surface area contributed by atoms with Crippen LogP contribution in [0.2, 0.25) is 0 Å². The Morgan fingerprint density at radius 2 is 2.05 bits per heavy atom. The molecule has 0 spiro atoms. The van der Waals surface area contributed by atoms with Crippen LogP contribution in [0.5, 0.6) is 0 Å². The highest BCUT2D eigenvalue weighted by atomic mass is 32.2. The summed E-state index contributed by atoms with van der Waals surface area (Å²) in [4.78, 5) is 3.06. The standard InChI is InChI=1S/C11H11F2N3O3S/c1-6-4-15-11(19-6)5-16-20(17,18)10-3-9(14)7(12)2-8(10)13/h2-4,16H,5,14H2,1H3. The summed E-state index contributed by atoms with van der Waals surface area (Å²) in [6, 6.07) is 1.13. The number of aryl methyl sites for hydroxylation is 1. The second-order valence-corrected chi connectivity index (χ2v) is 5.73. The summed E-state index contributed by atoms with van der Waals surface area (Å²) >= 11 is 0. The van der Waals surface area contributed by atoms with Crippen LogP contribution in [0.3, 0.4) is 0 Å². The number of nitrogens with two attached hydrogens (primary N) is 1. The Labute approximate surface area is 113 Å². The van der Waals surface area contributed by atoms with Crippen molar-refractivity contribution in [2.75, 3.05) is 5.73 Å². The molecule has 0 amide bonds. The normalized spacial score (nSPS) is 11.8. The zero-order valence-electron chi connectivity index (χ0n) is 10.4. The SMILES string of the molecule is Cc1cnc(CNS(=O)(=O)c2cc(N)c(F)cc2F)o1. The predicted octanol–water partition coefficient (Wildman–Crippen LogP) is 1.32. The van der Waals surface area contributed by atoms with Crippen LogP contribution in [0.25, 0.3) is 0 Å². The van der Waals surface area contributed by atoms with E-state index in [1.807, 2.05) is 0 Å². The van der Waals surface area contributed by atoms with Crippen molar-refractivity contribution in [1.82, 2.24) is 9.71 Å². The van der Waals surface area contributed by atoms with Crippen LogP contribution in [-0.2, 0) is 16.6 Å². The minimum Gasteiger partial charge on any atom is -0.445 e. The quantitative estimate of drug-likeness (QED) is 0.830. The van der Waals surface area contributed by atoms with E-state index in [1.165, 1.54) is 6.20 Å². The third-order valence-electron chi connectivity index (χ3n) is 2.42. The summed E-state index contributed by atoms with van der Waals surface area (Å²) in [6.07, 6.45) is 1.42. The fourth-order valence-electron chi connectivity index (χ4n) is 1.47. The molecule has 2 aromatic rings. The second kappa shape index (κ2) is 5.17. The van der Waals surface area contributed by atoms with Gasteiger partial charge >= 0.3 is 0 Å². The number of nitrogens with zero attached hydrogens (tertiary/aromatic N) is 1. The van der Waals surface area contributed by atoms with Gasteiger partial charge in [-0.1, -0.05) is 0 Å². The molecule has 0 fully saturated rings.